The predicted molar refractivity (Wildman–Crippen MR) is 93.9 cm³/mol. The zero-order valence-electron chi connectivity index (χ0n) is 14.1. The van der Waals surface area contributed by atoms with E-state index < -0.39 is 0 Å². The third-order valence-electron chi connectivity index (χ3n) is 4.57. The molecule has 0 radical (unpaired) electrons. The number of nitrogens with zero attached hydrogens (tertiary/aromatic N) is 3. The van der Waals surface area contributed by atoms with Gasteiger partial charge in [-0.15, -0.1) is 0 Å². The van der Waals surface area contributed by atoms with E-state index in [1.807, 2.05) is 66.4 Å². The van der Waals surface area contributed by atoms with Crippen molar-refractivity contribution in [3.05, 3.63) is 71.6 Å². The number of carbonyl (C=O) groups is 1. The van der Waals surface area contributed by atoms with Crippen LogP contribution in [0.3, 0.4) is 0 Å². The van der Waals surface area contributed by atoms with Crippen LogP contribution in [-0.4, -0.2) is 27.5 Å². The van der Waals surface area contributed by atoms with E-state index in [1.54, 1.807) is 0 Å². The van der Waals surface area contributed by atoms with Crippen molar-refractivity contribution in [2.45, 2.75) is 25.8 Å². The van der Waals surface area contributed by atoms with E-state index in [4.69, 9.17) is 4.52 Å². The van der Waals surface area contributed by atoms with Crippen LogP contribution in [0.1, 0.15) is 40.7 Å². The number of aromatic nitrogens is 2. The Kier molecular flexibility index (Phi) is 4.06. The van der Waals surface area contributed by atoms with Crippen LogP contribution in [0.15, 0.2) is 59.1 Å². The molecule has 25 heavy (non-hydrogen) atoms. The van der Waals surface area contributed by atoms with E-state index in [-0.39, 0.29) is 11.9 Å². The lowest BCUT2D eigenvalue weighted by atomic mass is 10.1. The van der Waals surface area contributed by atoms with Gasteiger partial charge in [0.15, 0.2) is 0 Å². The van der Waals surface area contributed by atoms with Gasteiger partial charge in [-0.25, -0.2) is 0 Å². The molecular weight excluding hydrogens is 314 g/mol. The maximum atomic E-state index is 12.9. The van der Waals surface area contributed by atoms with Gasteiger partial charge in [-0.05, 0) is 31.9 Å². The fourth-order valence-corrected chi connectivity index (χ4v) is 3.20. The molecule has 1 aliphatic heterocycles. The first-order chi connectivity index (χ1) is 12.2. The van der Waals surface area contributed by atoms with Gasteiger partial charge in [0, 0.05) is 17.7 Å². The zero-order valence-corrected chi connectivity index (χ0v) is 14.1. The molecule has 1 saturated heterocycles. The quantitative estimate of drug-likeness (QED) is 0.726. The molecule has 126 valence electrons. The highest BCUT2D eigenvalue weighted by atomic mass is 16.5. The van der Waals surface area contributed by atoms with Crippen molar-refractivity contribution in [1.82, 2.24) is 15.0 Å². The van der Waals surface area contributed by atoms with Crippen molar-refractivity contribution in [2.24, 2.45) is 0 Å². The Morgan fingerprint density at radius 1 is 1.12 bits per heavy atom. The summed E-state index contributed by atoms with van der Waals surface area (Å²) in [6.07, 6.45) is 1.78. The standard InChI is InChI=1S/C20H19N3O2/c1-14-9-11-16(12-10-14)20(24)23-13-5-8-17(23)19-21-18(22-25-19)15-6-3-2-4-7-15/h2-4,6-7,9-12,17H,5,8,13H2,1H3/t17-/m0/s1. The van der Waals surface area contributed by atoms with Crippen LogP contribution >= 0.6 is 0 Å². The van der Waals surface area contributed by atoms with E-state index in [1.165, 1.54) is 0 Å². The van der Waals surface area contributed by atoms with Crippen LogP contribution in [0.4, 0.5) is 0 Å². The van der Waals surface area contributed by atoms with Gasteiger partial charge in [-0.1, -0.05) is 53.2 Å². The fraction of sp³-hybridized carbons (Fsp3) is 0.250. The number of hydrogen-bond donors (Lipinski definition) is 0. The highest BCUT2D eigenvalue weighted by molar-refractivity contribution is 5.94. The highest BCUT2D eigenvalue weighted by Gasteiger charge is 2.34. The molecule has 1 aliphatic rings. The van der Waals surface area contributed by atoms with Crippen molar-refractivity contribution in [1.29, 1.82) is 0 Å². The van der Waals surface area contributed by atoms with E-state index in [9.17, 15) is 4.79 Å². The van der Waals surface area contributed by atoms with Crippen LogP contribution in [0.2, 0.25) is 0 Å². The largest absolute Gasteiger partial charge is 0.337 e. The van der Waals surface area contributed by atoms with Crippen LogP contribution in [0.5, 0.6) is 0 Å². The molecule has 2 heterocycles. The van der Waals surface area contributed by atoms with E-state index in [0.717, 1.165) is 24.0 Å². The molecule has 0 saturated carbocycles. The molecule has 5 heteroatoms. The molecule has 0 spiro atoms. The Bertz CT molecular complexity index is 871. The number of aryl methyl sites for hydroxylation is 1. The summed E-state index contributed by atoms with van der Waals surface area (Å²) in [6, 6.07) is 17.2. The molecule has 3 aromatic rings. The highest BCUT2D eigenvalue weighted by Crippen LogP contribution is 2.33. The summed E-state index contributed by atoms with van der Waals surface area (Å²) in [6.45, 7) is 2.72. The van der Waals surface area contributed by atoms with E-state index in [0.29, 0.717) is 23.8 Å². The zero-order chi connectivity index (χ0) is 17.2. The summed E-state index contributed by atoms with van der Waals surface area (Å²) in [5.41, 5.74) is 2.74. The van der Waals surface area contributed by atoms with Gasteiger partial charge in [0.25, 0.3) is 5.91 Å². The second kappa shape index (κ2) is 6.51. The topological polar surface area (TPSA) is 59.2 Å². The lowest BCUT2D eigenvalue weighted by Crippen LogP contribution is -2.30. The number of likely N-dealkylation sites (tertiary alicyclic amines) is 1. The Labute approximate surface area is 146 Å². The monoisotopic (exact) mass is 333 g/mol. The average molecular weight is 333 g/mol. The maximum Gasteiger partial charge on any atom is 0.254 e. The first-order valence-corrected chi connectivity index (χ1v) is 8.49. The Morgan fingerprint density at radius 2 is 1.88 bits per heavy atom. The van der Waals surface area contributed by atoms with Gasteiger partial charge in [0.2, 0.25) is 11.7 Å². The summed E-state index contributed by atoms with van der Waals surface area (Å²) in [7, 11) is 0. The molecule has 1 fully saturated rings. The summed E-state index contributed by atoms with van der Waals surface area (Å²) in [5.74, 6) is 1.09. The van der Waals surface area contributed by atoms with E-state index >= 15 is 0 Å². The Morgan fingerprint density at radius 3 is 2.64 bits per heavy atom. The average Bonchev–Trinajstić information content (AvgIpc) is 3.32. The summed E-state index contributed by atoms with van der Waals surface area (Å²) < 4.78 is 5.48. The smallest absolute Gasteiger partial charge is 0.254 e. The van der Waals surface area contributed by atoms with Crippen LogP contribution in [0.25, 0.3) is 11.4 Å². The third-order valence-corrected chi connectivity index (χ3v) is 4.57. The molecule has 1 aromatic heterocycles. The normalized spacial score (nSPS) is 17.0. The number of hydrogen-bond acceptors (Lipinski definition) is 4. The predicted octanol–water partition coefficient (Wildman–Crippen LogP) is 4.02. The molecule has 0 unspecified atom stereocenters. The van der Waals surface area contributed by atoms with Crippen molar-refractivity contribution < 1.29 is 9.32 Å². The molecule has 1 atom stereocenters. The van der Waals surface area contributed by atoms with Gasteiger partial charge < -0.3 is 9.42 Å². The molecule has 1 amide bonds. The van der Waals surface area contributed by atoms with Crippen LogP contribution < -0.4 is 0 Å². The Balaban J connectivity index is 1.58. The van der Waals surface area contributed by atoms with Crippen molar-refractivity contribution in [3.63, 3.8) is 0 Å². The minimum absolute atomic E-state index is 0.0157. The minimum Gasteiger partial charge on any atom is -0.337 e. The molecule has 0 aliphatic carbocycles. The number of benzene rings is 2. The number of amides is 1. The molecular formula is C20H19N3O2. The molecule has 4 rings (SSSR count). The van der Waals surface area contributed by atoms with Gasteiger partial charge in [-0.2, -0.15) is 4.98 Å². The summed E-state index contributed by atoms with van der Waals surface area (Å²) >= 11 is 0. The molecule has 5 nitrogen and oxygen atoms in total. The SMILES string of the molecule is Cc1ccc(C(=O)N2CCC[C@H]2c2nc(-c3ccccc3)no2)cc1. The second-order valence-corrected chi connectivity index (χ2v) is 6.34. The Hall–Kier alpha value is -2.95. The van der Waals surface area contributed by atoms with Crippen molar-refractivity contribution in [2.75, 3.05) is 6.54 Å². The van der Waals surface area contributed by atoms with Crippen LogP contribution in [0, 0.1) is 6.92 Å². The fourth-order valence-electron chi connectivity index (χ4n) is 3.20. The first-order valence-electron chi connectivity index (χ1n) is 8.49. The summed E-state index contributed by atoms with van der Waals surface area (Å²) in [4.78, 5) is 19.2. The first kappa shape index (κ1) is 15.6. The second-order valence-electron chi connectivity index (χ2n) is 6.34. The van der Waals surface area contributed by atoms with Crippen molar-refractivity contribution >= 4 is 5.91 Å². The van der Waals surface area contributed by atoms with Gasteiger partial charge >= 0.3 is 0 Å². The van der Waals surface area contributed by atoms with Gasteiger partial charge in [0.1, 0.15) is 6.04 Å². The molecule has 0 N–H and O–H groups in total. The minimum atomic E-state index is -0.154. The summed E-state index contributed by atoms with van der Waals surface area (Å²) in [5, 5.41) is 4.09. The lowest BCUT2D eigenvalue weighted by molar-refractivity contribution is 0.0710. The maximum absolute atomic E-state index is 12.9. The third kappa shape index (κ3) is 3.05. The lowest BCUT2D eigenvalue weighted by Gasteiger charge is -2.22. The van der Waals surface area contributed by atoms with Gasteiger partial charge in [-0.3, -0.25) is 4.79 Å². The number of rotatable bonds is 3. The van der Waals surface area contributed by atoms with Crippen LogP contribution in [-0.2, 0) is 0 Å². The molecule has 0 bridgehead atoms. The van der Waals surface area contributed by atoms with E-state index in [2.05, 4.69) is 10.1 Å². The van der Waals surface area contributed by atoms with Crippen molar-refractivity contribution in [3.8, 4) is 11.4 Å². The van der Waals surface area contributed by atoms with Gasteiger partial charge in [0.05, 0.1) is 0 Å². The molecule has 2 aromatic carbocycles. The number of carbonyl (C=O) groups excluding carboxylic acids is 1.